The molecule has 2 amide bonds. The first-order valence-corrected chi connectivity index (χ1v) is 10.2. The van der Waals surface area contributed by atoms with Crippen molar-refractivity contribution in [3.63, 3.8) is 0 Å². The highest BCUT2D eigenvalue weighted by Crippen LogP contribution is 2.34. The van der Waals surface area contributed by atoms with Gasteiger partial charge in [0.05, 0.1) is 23.2 Å². The van der Waals surface area contributed by atoms with Gasteiger partial charge in [0.25, 0.3) is 5.91 Å². The van der Waals surface area contributed by atoms with Crippen LogP contribution in [0.25, 0.3) is 0 Å². The third-order valence-electron chi connectivity index (χ3n) is 5.83. The molecule has 158 valence electrons. The summed E-state index contributed by atoms with van der Waals surface area (Å²) in [6.45, 7) is 1.79. The number of benzene rings is 2. The van der Waals surface area contributed by atoms with Gasteiger partial charge in [-0.25, -0.2) is 9.18 Å². The number of rotatable bonds is 3. The van der Waals surface area contributed by atoms with Gasteiger partial charge in [0.2, 0.25) is 0 Å². The Kier molecular flexibility index (Phi) is 5.66. The summed E-state index contributed by atoms with van der Waals surface area (Å²) in [5, 5.41) is 10.8. The first kappa shape index (κ1) is 20.6. The van der Waals surface area contributed by atoms with E-state index >= 15 is 0 Å². The molecule has 2 saturated heterocycles. The van der Waals surface area contributed by atoms with Crippen LogP contribution in [-0.4, -0.2) is 58.2 Å². The molecule has 2 aromatic carbocycles. The molecule has 0 spiro atoms. The molecule has 3 atom stereocenters. The number of amides is 2. The van der Waals surface area contributed by atoms with Gasteiger partial charge >= 0.3 is 6.09 Å². The number of nitrogens with zero attached hydrogens (tertiary/aromatic N) is 2. The standard InChI is InChI=1S/C22H22ClFN2O4/c1-13-7-8-16(23)15(19(13)24)12-30-22(29)25-10-9-17-20(25)18(27)11-26(17)21(28)14-5-3-2-4-6-14/h2-8,17-18,20,27H,9-12H2,1H3. The van der Waals surface area contributed by atoms with Gasteiger partial charge in [0.1, 0.15) is 12.4 Å². The van der Waals surface area contributed by atoms with Crippen LogP contribution in [0.4, 0.5) is 9.18 Å². The molecule has 2 fully saturated rings. The molecule has 2 aliphatic rings. The Hall–Kier alpha value is -2.64. The zero-order valence-electron chi connectivity index (χ0n) is 16.4. The van der Waals surface area contributed by atoms with Crippen molar-refractivity contribution in [1.29, 1.82) is 0 Å². The number of aliphatic hydroxyl groups excluding tert-OH is 1. The molecule has 3 unspecified atom stereocenters. The lowest BCUT2D eigenvalue weighted by Gasteiger charge is -2.26. The van der Waals surface area contributed by atoms with Crippen LogP contribution in [0.1, 0.15) is 27.9 Å². The minimum atomic E-state index is -0.878. The minimum absolute atomic E-state index is 0.119. The van der Waals surface area contributed by atoms with Crippen LogP contribution in [0.2, 0.25) is 5.02 Å². The van der Waals surface area contributed by atoms with Gasteiger partial charge in [-0.05, 0) is 37.1 Å². The Labute approximate surface area is 178 Å². The fraction of sp³-hybridized carbons (Fsp3) is 0.364. The van der Waals surface area contributed by atoms with Gasteiger partial charge in [-0.3, -0.25) is 4.79 Å². The van der Waals surface area contributed by atoms with Crippen molar-refractivity contribution < 1.29 is 23.8 Å². The topological polar surface area (TPSA) is 70.1 Å². The van der Waals surface area contributed by atoms with E-state index < -0.39 is 24.1 Å². The Morgan fingerprint density at radius 1 is 1.20 bits per heavy atom. The van der Waals surface area contributed by atoms with Gasteiger partial charge in [-0.2, -0.15) is 0 Å². The van der Waals surface area contributed by atoms with Gasteiger partial charge in [-0.15, -0.1) is 0 Å². The number of halogens is 2. The Balaban J connectivity index is 1.45. The summed E-state index contributed by atoms with van der Waals surface area (Å²) in [5.74, 6) is -0.680. The largest absolute Gasteiger partial charge is 0.444 e. The first-order valence-electron chi connectivity index (χ1n) is 9.79. The van der Waals surface area contributed by atoms with E-state index in [4.69, 9.17) is 16.3 Å². The SMILES string of the molecule is Cc1ccc(Cl)c(COC(=O)N2CCC3C2C(O)CN3C(=O)c2ccccc2)c1F. The van der Waals surface area contributed by atoms with Crippen molar-refractivity contribution in [2.24, 2.45) is 0 Å². The summed E-state index contributed by atoms with van der Waals surface area (Å²) in [4.78, 5) is 28.6. The van der Waals surface area contributed by atoms with E-state index in [2.05, 4.69) is 0 Å². The molecule has 2 aliphatic heterocycles. The maximum atomic E-state index is 14.3. The summed E-state index contributed by atoms with van der Waals surface area (Å²) in [6.07, 6.45) is -1.00. The van der Waals surface area contributed by atoms with E-state index in [1.54, 1.807) is 48.2 Å². The van der Waals surface area contributed by atoms with Crippen molar-refractivity contribution in [1.82, 2.24) is 9.80 Å². The monoisotopic (exact) mass is 432 g/mol. The van der Waals surface area contributed by atoms with Gasteiger partial charge < -0.3 is 19.6 Å². The first-order chi connectivity index (χ1) is 14.4. The van der Waals surface area contributed by atoms with Crippen LogP contribution in [-0.2, 0) is 11.3 Å². The van der Waals surface area contributed by atoms with Crippen LogP contribution in [0, 0.1) is 12.7 Å². The maximum Gasteiger partial charge on any atom is 0.410 e. The average Bonchev–Trinajstić information content (AvgIpc) is 3.32. The molecule has 0 bridgehead atoms. The Morgan fingerprint density at radius 2 is 1.93 bits per heavy atom. The molecular weight excluding hydrogens is 411 g/mol. The zero-order chi connectivity index (χ0) is 21.4. The molecule has 1 N–H and O–H groups in total. The molecule has 4 rings (SSSR count). The van der Waals surface area contributed by atoms with E-state index in [-0.39, 0.29) is 35.7 Å². The Morgan fingerprint density at radius 3 is 2.67 bits per heavy atom. The molecule has 6 nitrogen and oxygen atoms in total. The predicted molar refractivity (Wildman–Crippen MR) is 109 cm³/mol. The molecule has 0 aliphatic carbocycles. The number of carbonyl (C=O) groups is 2. The summed E-state index contributed by atoms with van der Waals surface area (Å²) in [6, 6.07) is 11.1. The van der Waals surface area contributed by atoms with E-state index in [0.717, 1.165) is 0 Å². The van der Waals surface area contributed by atoms with Crippen LogP contribution in [0.5, 0.6) is 0 Å². The van der Waals surface area contributed by atoms with Crippen LogP contribution in [0.3, 0.4) is 0 Å². The molecule has 0 aromatic heterocycles. The van der Waals surface area contributed by atoms with Crippen LogP contribution < -0.4 is 0 Å². The molecule has 30 heavy (non-hydrogen) atoms. The quantitative estimate of drug-likeness (QED) is 0.807. The number of carbonyl (C=O) groups excluding carboxylic acids is 2. The number of likely N-dealkylation sites (tertiary alicyclic amines) is 2. The number of fused-ring (bicyclic) bond motifs is 1. The van der Waals surface area contributed by atoms with E-state index in [1.807, 2.05) is 6.07 Å². The van der Waals surface area contributed by atoms with Crippen molar-refractivity contribution >= 4 is 23.6 Å². The maximum absolute atomic E-state index is 14.3. The van der Waals surface area contributed by atoms with Crippen LogP contribution in [0.15, 0.2) is 42.5 Å². The van der Waals surface area contributed by atoms with Crippen molar-refractivity contribution in [3.05, 3.63) is 70.0 Å². The highest BCUT2D eigenvalue weighted by atomic mass is 35.5. The second-order valence-electron chi connectivity index (χ2n) is 7.64. The number of hydrogen-bond donors (Lipinski definition) is 1. The number of hydrogen-bond acceptors (Lipinski definition) is 4. The summed E-state index contributed by atoms with van der Waals surface area (Å²) in [7, 11) is 0. The summed E-state index contributed by atoms with van der Waals surface area (Å²) >= 11 is 6.04. The lowest BCUT2D eigenvalue weighted by Crippen LogP contribution is -2.45. The smallest absolute Gasteiger partial charge is 0.410 e. The number of ether oxygens (including phenoxy) is 1. The average molecular weight is 433 g/mol. The number of β-amino-alcohol motifs (C(OH)–C–C–N with tert-alkyl or cyclic N) is 1. The fourth-order valence-electron chi connectivity index (χ4n) is 4.31. The lowest BCUT2D eigenvalue weighted by atomic mass is 10.1. The summed E-state index contributed by atoms with van der Waals surface area (Å²) in [5.41, 5.74) is 1.07. The second-order valence-corrected chi connectivity index (χ2v) is 8.05. The zero-order valence-corrected chi connectivity index (χ0v) is 17.2. The normalized spacial score (nSPS) is 22.9. The molecule has 2 heterocycles. The van der Waals surface area contributed by atoms with Crippen molar-refractivity contribution in [3.8, 4) is 0 Å². The summed E-state index contributed by atoms with van der Waals surface area (Å²) < 4.78 is 19.6. The van der Waals surface area contributed by atoms with E-state index in [1.165, 1.54) is 4.90 Å². The number of aliphatic hydroxyl groups is 1. The van der Waals surface area contributed by atoms with Crippen molar-refractivity contribution in [2.75, 3.05) is 13.1 Å². The lowest BCUT2D eigenvalue weighted by molar-refractivity contribution is 0.0603. The van der Waals surface area contributed by atoms with Crippen molar-refractivity contribution in [2.45, 2.75) is 38.1 Å². The third-order valence-corrected chi connectivity index (χ3v) is 6.19. The van der Waals surface area contributed by atoms with Gasteiger partial charge in [0.15, 0.2) is 0 Å². The minimum Gasteiger partial charge on any atom is -0.444 e. The molecule has 8 heteroatoms. The highest BCUT2D eigenvalue weighted by Gasteiger charge is 2.51. The van der Waals surface area contributed by atoms with Gasteiger partial charge in [0, 0.05) is 24.2 Å². The second kappa shape index (κ2) is 8.24. The van der Waals surface area contributed by atoms with Crippen LogP contribution >= 0.6 is 11.6 Å². The molecular formula is C22H22ClFN2O4. The predicted octanol–water partition coefficient (Wildman–Crippen LogP) is 3.38. The fourth-order valence-corrected chi connectivity index (χ4v) is 4.51. The van der Waals surface area contributed by atoms with E-state index in [9.17, 15) is 19.1 Å². The Bertz CT molecular complexity index is 971. The third kappa shape index (κ3) is 3.63. The van der Waals surface area contributed by atoms with E-state index in [0.29, 0.717) is 24.1 Å². The molecule has 2 aromatic rings. The van der Waals surface area contributed by atoms with Gasteiger partial charge in [-0.1, -0.05) is 35.9 Å². The number of aryl methyl sites for hydroxylation is 1. The highest BCUT2D eigenvalue weighted by molar-refractivity contribution is 6.31. The molecule has 0 radical (unpaired) electrons. The molecule has 0 saturated carbocycles.